The summed E-state index contributed by atoms with van der Waals surface area (Å²) in [5.74, 6) is 0.381. The van der Waals surface area contributed by atoms with Crippen molar-refractivity contribution >= 4 is 40.7 Å². The van der Waals surface area contributed by atoms with Gasteiger partial charge in [0.15, 0.2) is 5.78 Å². The van der Waals surface area contributed by atoms with Gasteiger partial charge in [-0.1, -0.05) is 29.3 Å². The molecule has 0 saturated heterocycles. The van der Waals surface area contributed by atoms with Crippen LogP contribution in [0.2, 0.25) is 10.0 Å². The number of carbonyl (C=O) groups excluding carboxylic acids is 1. The zero-order valence-corrected chi connectivity index (χ0v) is 13.7. The van der Waals surface area contributed by atoms with Gasteiger partial charge in [0, 0.05) is 15.5 Å². The Bertz CT molecular complexity index is 697. The normalized spacial score (nSPS) is 13.2. The highest BCUT2D eigenvalue weighted by atomic mass is 35.5. The minimum absolute atomic E-state index is 0.00741. The highest BCUT2D eigenvalue weighted by molar-refractivity contribution is 8.00. The zero-order chi connectivity index (χ0) is 14.8. The molecule has 1 aliphatic carbocycles. The zero-order valence-electron chi connectivity index (χ0n) is 11.4. The molecule has 1 aliphatic rings. The summed E-state index contributed by atoms with van der Waals surface area (Å²) in [6, 6.07) is 11.5. The van der Waals surface area contributed by atoms with Gasteiger partial charge in [-0.15, -0.1) is 11.8 Å². The SMILES string of the molecule is O=C(CSc1ccc2c(c1)CCC2)c1cc(Cl)ccc1Cl. The summed E-state index contributed by atoms with van der Waals surface area (Å²) in [5.41, 5.74) is 3.37. The summed E-state index contributed by atoms with van der Waals surface area (Å²) in [6.07, 6.45) is 3.57. The van der Waals surface area contributed by atoms with E-state index in [2.05, 4.69) is 18.2 Å². The van der Waals surface area contributed by atoms with Crippen molar-refractivity contribution in [3.63, 3.8) is 0 Å². The van der Waals surface area contributed by atoms with Crippen molar-refractivity contribution in [2.45, 2.75) is 24.2 Å². The number of rotatable bonds is 4. The topological polar surface area (TPSA) is 17.1 Å². The summed E-state index contributed by atoms with van der Waals surface area (Å²) in [6.45, 7) is 0. The van der Waals surface area contributed by atoms with Crippen LogP contribution < -0.4 is 0 Å². The molecule has 0 amide bonds. The van der Waals surface area contributed by atoms with E-state index in [1.165, 1.54) is 24.0 Å². The van der Waals surface area contributed by atoms with Crippen molar-refractivity contribution < 1.29 is 4.79 Å². The third-order valence-corrected chi connectivity index (χ3v) is 5.23. The maximum absolute atomic E-state index is 12.3. The van der Waals surface area contributed by atoms with Gasteiger partial charge in [-0.3, -0.25) is 4.79 Å². The molecule has 108 valence electrons. The van der Waals surface area contributed by atoms with Gasteiger partial charge in [-0.25, -0.2) is 0 Å². The van der Waals surface area contributed by atoms with E-state index >= 15 is 0 Å². The molecule has 2 aromatic rings. The lowest BCUT2D eigenvalue weighted by Crippen LogP contribution is -2.03. The predicted octanol–water partition coefficient (Wildman–Crippen LogP) is 5.46. The molecular weight excluding hydrogens is 323 g/mol. The van der Waals surface area contributed by atoms with Crippen LogP contribution in [0, 0.1) is 0 Å². The Balaban J connectivity index is 1.70. The molecule has 0 fully saturated rings. The largest absolute Gasteiger partial charge is 0.293 e. The van der Waals surface area contributed by atoms with Crippen molar-refractivity contribution in [2.75, 3.05) is 5.75 Å². The van der Waals surface area contributed by atoms with Gasteiger partial charge >= 0.3 is 0 Å². The maximum Gasteiger partial charge on any atom is 0.174 e. The molecule has 4 heteroatoms. The summed E-state index contributed by atoms with van der Waals surface area (Å²) in [7, 11) is 0. The molecule has 0 radical (unpaired) electrons. The Morgan fingerprint density at radius 1 is 1.05 bits per heavy atom. The standard InChI is InChI=1S/C17H14Cl2OS/c18-13-5-7-16(19)15(9-13)17(20)10-21-14-6-4-11-2-1-3-12(11)8-14/h4-9H,1-3,10H2. The van der Waals surface area contributed by atoms with E-state index in [4.69, 9.17) is 23.2 Å². The third-order valence-electron chi connectivity index (χ3n) is 3.67. The van der Waals surface area contributed by atoms with E-state index in [-0.39, 0.29) is 5.78 Å². The number of ketones is 1. The Kier molecular flexibility index (Phi) is 4.58. The predicted molar refractivity (Wildman–Crippen MR) is 90.0 cm³/mol. The molecular formula is C17H14Cl2OS. The molecule has 0 N–H and O–H groups in total. The number of Topliss-reactive ketones (excluding diaryl/α,β-unsaturated/α-hetero) is 1. The van der Waals surface area contributed by atoms with Gasteiger partial charge in [-0.2, -0.15) is 0 Å². The quantitative estimate of drug-likeness (QED) is 0.544. The van der Waals surface area contributed by atoms with Crippen LogP contribution in [0.15, 0.2) is 41.3 Å². The van der Waals surface area contributed by atoms with Crippen LogP contribution in [0.4, 0.5) is 0 Å². The Morgan fingerprint density at radius 3 is 2.71 bits per heavy atom. The molecule has 0 aliphatic heterocycles. The van der Waals surface area contributed by atoms with Gasteiger partial charge in [0.2, 0.25) is 0 Å². The fourth-order valence-electron chi connectivity index (χ4n) is 2.58. The minimum atomic E-state index is 0.00741. The van der Waals surface area contributed by atoms with Crippen LogP contribution in [0.5, 0.6) is 0 Å². The number of carbonyl (C=O) groups is 1. The molecule has 1 nitrogen and oxygen atoms in total. The number of halogens is 2. The van der Waals surface area contributed by atoms with Gasteiger partial charge in [0.25, 0.3) is 0 Å². The number of aryl methyl sites for hydroxylation is 2. The number of fused-ring (bicyclic) bond motifs is 1. The first-order valence-electron chi connectivity index (χ1n) is 6.86. The van der Waals surface area contributed by atoms with Crippen LogP contribution in [0.3, 0.4) is 0 Å². The second kappa shape index (κ2) is 6.43. The van der Waals surface area contributed by atoms with Crippen LogP contribution in [0.25, 0.3) is 0 Å². The average molecular weight is 337 g/mol. The first-order valence-corrected chi connectivity index (χ1v) is 8.60. The molecule has 0 bridgehead atoms. The Hall–Kier alpha value is -0.960. The van der Waals surface area contributed by atoms with Crippen molar-refractivity contribution in [1.29, 1.82) is 0 Å². The van der Waals surface area contributed by atoms with Crippen molar-refractivity contribution in [2.24, 2.45) is 0 Å². The van der Waals surface area contributed by atoms with Crippen LogP contribution in [-0.2, 0) is 12.8 Å². The molecule has 21 heavy (non-hydrogen) atoms. The third kappa shape index (κ3) is 3.45. The summed E-state index contributed by atoms with van der Waals surface area (Å²) in [4.78, 5) is 13.4. The van der Waals surface area contributed by atoms with Crippen LogP contribution >= 0.6 is 35.0 Å². The smallest absolute Gasteiger partial charge is 0.174 e. The van der Waals surface area contributed by atoms with Crippen molar-refractivity contribution in [3.05, 3.63) is 63.1 Å². The number of hydrogen-bond acceptors (Lipinski definition) is 2. The number of thioether (sulfide) groups is 1. The second-order valence-corrected chi connectivity index (χ2v) is 7.01. The lowest BCUT2D eigenvalue weighted by Gasteiger charge is -2.06. The number of hydrogen-bond donors (Lipinski definition) is 0. The highest BCUT2D eigenvalue weighted by Gasteiger charge is 2.14. The molecule has 0 aromatic heterocycles. The highest BCUT2D eigenvalue weighted by Crippen LogP contribution is 2.29. The molecule has 0 spiro atoms. The minimum Gasteiger partial charge on any atom is -0.293 e. The van der Waals surface area contributed by atoms with Gasteiger partial charge < -0.3 is 0 Å². The van der Waals surface area contributed by atoms with E-state index < -0.39 is 0 Å². The number of benzene rings is 2. The first-order chi connectivity index (χ1) is 10.1. The van der Waals surface area contributed by atoms with Crippen LogP contribution in [-0.4, -0.2) is 11.5 Å². The van der Waals surface area contributed by atoms with E-state index in [9.17, 15) is 4.79 Å². The van der Waals surface area contributed by atoms with Gasteiger partial charge in [0.1, 0.15) is 0 Å². The van der Waals surface area contributed by atoms with Gasteiger partial charge in [0.05, 0.1) is 10.8 Å². The molecule has 3 rings (SSSR count). The van der Waals surface area contributed by atoms with E-state index in [1.807, 2.05) is 0 Å². The molecule has 2 aromatic carbocycles. The fourth-order valence-corrected chi connectivity index (χ4v) is 3.81. The van der Waals surface area contributed by atoms with Crippen LogP contribution in [0.1, 0.15) is 27.9 Å². The maximum atomic E-state index is 12.3. The first kappa shape index (κ1) is 15.0. The Morgan fingerprint density at radius 2 is 1.86 bits per heavy atom. The molecule has 0 saturated carbocycles. The summed E-state index contributed by atoms with van der Waals surface area (Å²) in [5, 5.41) is 0.990. The second-order valence-electron chi connectivity index (χ2n) is 5.12. The molecule has 0 atom stereocenters. The molecule has 0 heterocycles. The monoisotopic (exact) mass is 336 g/mol. The van der Waals surface area contributed by atoms with Crippen molar-refractivity contribution in [1.82, 2.24) is 0 Å². The lowest BCUT2D eigenvalue weighted by molar-refractivity contribution is 0.102. The van der Waals surface area contributed by atoms with Crippen molar-refractivity contribution in [3.8, 4) is 0 Å². The summed E-state index contributed by atoms with van der Waals surface area (Å²) < 4.78 is 0. The van der Waals surface area contributed by atoms with Gasteiger partial charge in [-0.05, 0) is 60.7 Å². The van der Waals surface area contributed by atoms with E-state index in [0.717, 1.165) is 11.3 Å². The fraction of sp³-hybridized carbons (Fsp3) is 0.235. The summed E-state index contributed by atoms with van der Waals surface area (Å²) >= 11 is 13.5. The van der Waals surface area contributed by atoms with E-state index in [1.54, 1.807) is 30.0 Å². The average Bonchev–Trinajstić information content (AvgIpc) is 2.94. The molecule has 0 unspecified atom stereocenters. The van der Waals surface area contributed by atoms with E-state index in [0.29, 0.717) is 21.4 Å². The lowest BCUT2D eigenvalue weighted by atomic mass is 10.1. The Labute approximate surface area is 138 Å².